The first-order valence-corrected chi connectivity index (χ1v) is 5.57. The largest absolute Gasteiger partial charge is 0.392 e. The highest BCUT2D eigenvalue weighted by atomic mass is 16.3. The molecule has 0 atom stereocenters. The van der Waals surface area contributed by atoms with Gasteiger partial charge < -0.3 is 10.0 Å². The molecular formula is C12H17N3O. The van der Waals surface area contributed by atoms with Crippen LogP contribution in [-0.4, -0.2) is 27.7 Å². The molecule has 1 heterocycles. The minimum Gasteiger partial charge on any atom is -0.392 e. The van der Waals surface area contributed by atoms with Crippen LogP contribution in [0.2, 0.25) is 0 Å². The molecule has 1 saturated carbocycles. The van der Waals surface area contributed by atoms with Crippen molar-refractivity contribution in [3.05, 3.63) is 30.1 Å². The van der Waals surface area contributed by atoms with E-state index in [-0.39, 0.29) is 6.61 Å². The summed E-state index contributed by atoms with van der Waals surface area (Å²) < 4.78 is 0. The summed E-state index contributed by atoms with van der Waals surface area (Å²) in [7, 11) is 0. The van der Waals surface area contributed by atoms with Crippen molar-refractivity contribution in [3.8, 4) is 0 Å². The number of rotatable bonds is 5. The van der Waals surface area contributed by atoms with E-state index in [9.17, 15) is 0 Å². The standard InChI is InChI=1S/C12H17N3O/c1-3-6-15(11-4-5-11)12-13-7-10(8-16)9(2)14-12/h3,7,11,16H,1,4-6,8H2,2H3. The highest BCUT2D eigenvalue weighted by Gasteiger charge is 2.30. The van der Waals surface area contributed by atoms with Crippen molar-refractivity contribution in [2.24, 2.45) is 0 Å². The third-order valence-electron chi connectivity index (χ3n) is 2.81. The number of anilines is 1. The van der Waals surface area contributed by atoms with Crippen LogP contribution in [0.4, 0.5) is 5.95 Å². The normalized spacial score (nSPS) is 14.9. The SMILES string of the molecule is C=CCN(c1ncc(CO)c(C)n1)C1CC1. The monoisotopic (exact) mass is 219 g/mol. The summed E-state index contributed by atoms with van der Waals surface area (Å²) in [6.07, 6.45) is 5.99. The van der Waals surface area contributed by atoms with E-state index in [2.05, 4.69) is 21.4 Å². The molecule has 2 rings (SSSR count). The van der Waals surface area contributed by atoms with Gasteiger partial charge in [0.25, 0.3) is 0 Å². The van der Waals surface area contributed by atoms with Gasteiger partial charge in [-0.25, -0.2) is 9.97 Å². The molecule has 0 spiro atoms. The molecule has 1 aliphatic carbocycles. The molecule has 0 unspecified atom stereocenters. The average Bonchev–Trinajstić information content (AvgIpc) is 3.09. The summed E-state index contributed by atoms with van der Waals surface area (Å²) in [5.74, 6) is 0.747. The maximum Gasteiger partial charge on any atom is 0.226 e. The number of aryl methyl sites for hydroxylation is 1. The molecule has 0 amide bonds. The minimum atomic E-state index is -0.00298. The van der Waals surface area contributed by atoms with Gasteiger partial charge in [0, 0.05) is 30.0 Å². The van der Waals surface area contributed by atoms with Gasteiger partial charge in [-0.15, -0.1) is 6.58 Å². The fraction of sp³-hybridized carbons (Fsp3) is 0.500. The predicted molar refractivity (Wildman–Crippen MR) is 63.3 cm³/mol. The molecule has 0 bridgehead atoms. The first-order valence-electron chi connectivity index (χ1n) is 5.57. The second kappa shape index (κ2) is 4.61. The van der Waals surface area contributed by atoms with Crippen molar-refractivity contribution in [1.82, 2.24) is 9.97 Å². The van der Waals surface area contributed by atoms with Crippen LogP contribution in [0, 0.1) is 6.92 Å². The third-order valence-corrected chi connectivity index (χ3v) is 2.81. The van der Waals surface area contributed by atoms with Crippen LogP contribution >= 0.6 is 0 Å². The van der Waals surface area contributed by atoms with Gasteiger partial charge in [-0.1, -0.05) is 6.08 Å². The molecule has 16 heavy (non-hydrogen) atoms. The van der Waals surface area contributed by atoms with Crippen molar-refractivity contribution in [2.45, 2.75) is 32.4 Å². The summed E-state index contributed by atoms with van der Waals surface area (Å²) in [6, 6.07) is 0.567. The van der Waals surface area contributed by atoms with Gasteiger partial charge in [0.2, 0.25) is 5.95 Å². The van der Waals surface area contributed by atoms with Crippen LogP contribution in [0.5, 0.6) is 0 Å². The van der Waals surface area contributed by atoms with Gasteiger partial charge in [0.1, 0.15) is 0 Å². The van der Waals surface area contributed by atoms with Crippen molar-refractivity contribution >= 4 is 5.95 Å². The highest BCUT2D eigenvalue weighted by molar-refractivity contribution is 5.37. The van der Waals surface area contributed by atoms with Gasteiger partial charge in [0.15, 0.2) is 0 Å². The lowest BCUT2D eigenvalue weighted by Gasteiger charge is -2.21. The van der Waals surface area contributed by atoms with Crippen LogP contribution in [0.3, 0.4) is 0 Å². The Kier molecular flexibility index (Phi) is 3.19. The average molecular weight is 219 g/mol. The Morgan fingerprint density at radius 1 is 1.62 bits per heavy atom. The lowest BCUT2D eigenvalue weighted by molar-refractivity contribution is 0.280. The van der Waals surface area contributed by atoms with Crippen molar-refractivity contribution in [1.29, 1.82) is 0 Å². The molecule has 86 valence electrons. The number of nitrogens with zero attached hydrogens (tertiary/aromatic N) is 3. The van der Waals surface area contributed by atoms with Crippen LogP contribution in [0.1, 0.15) is 24.1 Å². The van der Waals surface area contributed by atoms with E-state index in [4.69, 9.17) is 5.11 Å². The molecule has 1 fully saturated rings. The minimum absolute atomic E-state index is 0.00298. The molecule has 0 aliphatic heterocycles. The zero-order valence-electron chi connectivity index (χ0n) is 9.56. The molecule has 4 heteroatoms. The molecule has 1 aromatic heterocycles. The Hall–Kier alpha value is -1.42. The van der Waals surface area contributed by atoms with Crippen LogP contribution < -0.4 is 4.90 Å². The zero-order valence-corrected chi connectivity index (χ0v) is 9.56. The Bertz CT molecular complexity index is 388. The molecule has 4 nitrogen and oxygen atoms in total. The molecule has 1 N–H and O–H groups in total. The molecule has 0 saturated heterocycles. The fourth-order valence-electron chi connectivity index (χ4n) is 1.69. The van der Waals surface area contributed by atoms with E-state index < -0.39 is 0 Å². The summed E-state index contributed by atoms with van der Waals surface area (Å²) >= 11 is 0. The highest BCUT2D eigenvalue weighted by Crippen LogP contribution is 2.29. The smallest absolute Gasteiger partial charge is 0.226 e. The van der Waals surface area contributed by atoms with E-state index in [0.717, 1.165) is 23.8 Å². The molecule has 1 aromatic rings. The van der Waals surface area contributed by atoms with Crippen molar-refractivity contribution in [2.75, 3.05) is 11.4 Å². The first kappa shape index (κ1) is 11.1. The second-order valence-corrected chi connectivity index (χ2v) is 4.11. The maximum absolute atomic E-state index is 9.06. The number of aliphatic hydroxyl groups excluding tert-OH is 1. The Balaban J connectivity index is 2.23. The topological polar surface area (TPSA) is 49.2 Å². The van der Waals surface area contributed by atoms with Crippen molar-refractivity contribution in [3.63, 3.8) is 0 Å². The van der Waals surface area contributed by atoms with Crippen molar-refractivity contribution < 1.29 is 5.11 Å². The predicted octanol–water partition coefficient (Wildman–Crippen LogP) is 1.43. The third kappa shape index (κ3) is 2.22. The summed E-state index contributed by atoms with van der Waals surface area (Å²) in [6.45, 7) is 6.43. The fourth-order valence-corrected chi connectivity index (χ4v) is 1.69. The molecule has 0 radical (unpaired) electrons. The van der Waals surface area contributed by atoms with Crippen LogP contribution in [0.15, 0.2) is 18.9 Å². The maximum atomic E-state index is 9.06. The van der Waals surface area contributed by atoms with Gasteiger partial charge >= 0.3 is 0 Å². The van der Waals surface area contributed by atoms with Gasteiger partial charge in [0.05, 0.1) is 6.61 Å². The Labute approximate surface area is 95.6 Å². The molecular weight excluding hydrogens is 202 g/mol. The van der Waals surface area contributed by atoms with E-state index in [1.807, 2.05) is 13.0 Å². The summed E-state index contributed by atoms with van der Waals surface area (Å²) in [5.41, 5.74) is 1.64. The lowest BCUT2D eigenvalue weighted by Crippen LogP contribution is -2.28. The van der Waals surface area contributed by atoms with Gasteiger partial charge in [-0.05, 0) is 19.8 Å². The molecule has 1 aliphatic rings. The second-order valence-electron chi connectivity index (χ2n) is 4.11. The van der Waals surface area contributed by atoms with Gasteiger partial charge in [-0.2, -0.15) is 0 Å². The quantitative estimate of drug-likeness (QED) is 0.761. The Morgan fingerprint density at radius 3 is 2.88 bits per heavy atom. The first-order chi connectivity index (χ1) is 7.76. The van der Waals surface area contributed by atoms with E-state index in [0.29, 0.717) is 6.04 Å². The number of aliphatic hydroxyl groups is 1. The summed E-state index contributed by atoms with van der Waals surface area (Å²) in [5, 5.41) is 9.06. The van der Waals surface area contributed by atoms with E-state index >= 15 is 0 Å². The van der Waals surface area contributed by atoms with E-state index in [1.165, 1.54) is 12.8 Å². The van der Waals surface area contributed by atoms with E-state index in [1.54, 1.807) is 6.20 Å². The number of aromatic nitrogens is 2. The van der Waals surface area contributed by atoms with Crippen LogP contribution in [-0.2, 0) is 6.61 Å². The zero-order chi connectivity index (χ0) is 11.5. The molecule has 0 aromatic carbocycles. The summed E-state index contributed by atoms with van der Waals surface area (Å²) in [4.78, 5) is 10.9. The Morgan fingerprint density at radius 2 is 2.38 bits per heavy atom. The van der Waals surface area contributed by atoms with Gasteiger partial charge in [-0.3, -0.25) is 0 Å². The number of hydrogen-bond donors (Lipinski definition) is 1. The lowest BCUT2D eigenvalue weighted by atomic mass is 10.2. The van der Waals surface area contributed by atoms with Crippen LogP contribution in [0.25, 0.3) is 0 Å². The number of hydrogen-bond acceptors (Lipinski definition) is 4.